The van der Waals surface area contributed by atoms with Crippen LogP contribution in [0.5, 0.6) is 0 Å². The molecule has 0 radical (unpaired) electrons. The van der Waals surface area contributed by atoms with Gasteiger partial charge in [0.05, 0.1) is 12.2 Å². The highest BCUT2D eigenvalue weighted by Crippen LogP contribution is 2.02. The standard InChI is InChI=1S/C8H13N3O/c1-6-5-11(3)10-8(6)4-9-7(2)12/h5H,4H2,1-3H3,(H,9,12). The summed E-state index contributed by atoms with van der Waals surface area (Å²) < 4.78 is 1.74. The Morgan fingerprint density at radius 3 is 2.83 bits per heavy atom. The molecule has 12 heavy (non-hydrogen) atoms. The van der Waals surface area contributed by atoms with Crippen LogP contribution in [0.15, 0.2) is 6.20 Å². The highest BCUT2D eigenvalue weighted by molar-refractivity contribution is 5.72. The summed E-state index contributed by atoms with van der Waals surface area (Å²) in [6.07, 6.45) is 1.93. The zero-order valence-corrected chi connectivity index (χ0v) is 7.59. The summed E-state index contributed by atoms with van der Waals surface area (Å²) in [7, 11) is 1.87. The van der Waals surface area contributed by atoms with E-state index in [-0.39, 0.29) is 5.91 Å². The van der Waals surface area contributed by atoms with Crippen LogP contribution >= 0.6 is 0 Å². The van der Waals surface area contributed by atoms with E-state index >= 15 is 0 Å². The number of carbonyl (C=O) groups excluding carboxylic acids is 1. The molecule has 0 aliphatic rings. The van der Waals surface area contributed by atoms with Crippen molar-refractivity contribution in [2.45, 2.75) is 20.4 Å². The van der Waals surface area contributed by atoms with E-state index in [0.29, 0.717) is 6.54 Å². The van der Waals surface area contributed by atoms with Crippen molar-refractivity contribution in [1.82, 2.24) is 15.1 Å². The summed E-state index contributed by atoms with van der Waals surface area (Å²) in [6, 6.07) is 0. The Morgan fingerprint density at radius 2 is 2.42 bits per heavy atom. The van der Waals surface area contributed by atoms with E-state index in [2.05, 4.69) is 10.4 Å². The molecule has 0 aromatic carbocycles. The topological polar surface area (TPSA) is 46.9 Å². The number of aromatic nitrogens is 2. The molecule has 4 nitrogen and oxygen atoms in total. The van der Waals surface area contributed by atoms with E-state index in [4.69, 9.17) is 0 Å². The number of aryl methyl sites for hydroxylation is 2. The molecule has 1 heterocycles. The normalized spacial score (nSPS) is 9.92. The van der Waals surface area contributed by atoms with Gasteiger partial charge in [0.1, 0.15) is 0 Å². The molecule has 1 aromatic heterocycles. The average Bonchev–Trinajstić information content (AvgIpc) is 2.26. The van der Waals surface area contributed by atoms with Crippen LogP contribution in [0.3, 0.4) is 0 Å². The number of nitrogens with zero attached hydrogens (tertiary/aromatic N) is 2. The van der Waals surface area contributed by atoms with Crippen LogP contribution in [0, 0.1) is 6.92 Å². The first kappa shape index (κ1) is 8.77. The molecule has 1 rings (SSSR count). The minimum absolute atomic E-state index is 0.0277. The number of nitrogens with one attached hydrogen (secondary N) is 1. The Bertz CT molecular complexity index is 290. The first-order valence-electron chi connectivity index (χ1n) is 3.83. The van der Waals surface area contributed by atoms with Crippen molar-refractivity contribution < 1.29 is 4.79 Å². The van der Waals surface area contributed by atoms with Gasteiger partial charge in [0, 0.05) is 20.2 Å². The van der Waals surface area contributed by atoms with Crippen molar-refractivity contribution in [3.63, 3.8) is 0 Å². The summed E-state index contributed by atoms with van der Waals surface area (Å²) in [5.74, 6) is -0.0277. The lowest BCUT2D eigenvalue weighted by Gasteiger charge is -1.98. The third-order valence-corrected chi connectivity index (χ3v) is 1.62. The number of carbonyl (C=O) groups is 1. The molecular formula is C8H13N3O. The van der Waals surface area contributed by atoms with Gasteiger partial charge in [-0.3, -0.25) is 9.48 Å². The van der Waals surface area contributed by atoms with Crippen LogP contribution in [0.2, 0.25) is 0 Å². The van der Waals surface area contributed by atoms with Gasteiger partial charge in [-0.15, -0.1) is 0 Å². The van der Waals surface area contributed by atoms with Gasteiger partial charge in [0.2, 0.25) is 5.91 Å². The van der Waals surface area contributed by atoms with Gasteiger partial charge in [-0.2, -0.15) is 5.10 Å². The molecule has 0 fully saturated rings. The Morgan fingerprint density at radius 1 is 1.75 bits per heavy atom. The molecule has 1 amide bonds. The number of amides is 1. The van der Waals surface area contributed by atoms with E-state index in [9.17, 15) is 4.79 Å². The van der Waals surface area contributed by atoms with Crippen molar-refractivity contribution in [3.8, 4) is 0 Å². The molecule has 0 aliphatic carbocycles. The van der Waals surface area contributed by atoms with E-state index in [1.165, 1.54) is 6.92 Å². The first-order chi connectivity index (χ1) is 5.59. The molecule has 0 unspecified atom stereocenters. The van der Waals surface area contributed by atoms with Crippen LogP contribution < -0.4 is 5.32 Å². The maximum atomic E-state index is 10.6. The van der Waals surface area contributed by atoms with Crippen molar-refractivity contribution in [2.75, 3.05) is 0 Å². The molecule has 4 heteroatoms. The molecule has 1 N–H and O–H groups in total. The lowest BCUT2D eigenvalue weighted by Crippen LogP contribution is -2.19. The van der Waals surface area contributed by atoms with Crippen LogP contribution in [-0.2, 0) is 18.4 Å². The van der Waals surface area contributed by atoms with Crippen LogP contribution in [0.4, 0.5) is 0 Å². The predicted octanol–water partition coefficient (Wildman–Crippen LogP) is 0.365. The third-order valence-electron chi connectivity index (χ3n) is 1.62. The zero-order chi connectivity index (χ0) is 9.14. The minimum Gasteiger partial charge on any atom is -0.351 e. The van der Waals surface area contributed by atoms with Crippen LogP contribution in [0.25, 0.3) is 0 Å². The molecule has 66 valence electrons. The Labute approximate surface area is 71.6 Å². The lowest BCUT2D eigenvalue weighted by atomic mass is 10.3. The summed E-state index contributed by atoms with van der Waals surface area (Å²) in [5.41, 5.74) is 2.03. The maximum Gasteiger partial charge on any atom is 0.217 e. The van der Waals surface area contributed by atoms with Gasteiger partial charge < -0.3 is 5.32 Å². The van der Waals surface area contributed by atoms with Gasteiger partial charge in [-0.1, -0.05) is 0 Å². The van der Waals surface area contributed by atoms with Gasteiger partial charge in [0.25, 0.3) is 0 Å². The fourth-order valence-corrected chi connectivity index (χ4v) is 1.04. The molecule has 0 bridgehead atoms. The van der Waals surface area contributed by atoms with Crippen molar-refractivity contribution in [1.29, 1.82) is 0 Å². The highest BCUT2D eigenvalue weighted by Gasteiger charge is 2.02. The summed E-state index contributed by atoms with van der Waals surface area (Å²) in [6.45, 7) is 3.99. The molecule has 0 aliphatic heterocycles. The Balaban J connectivity index is 2.62. The van der Waals surface area contributed by atoms with E-state index < -0.39 is 0 Å². The summed E-state index contributed by atoms with van der Waals surface area (Å²) >= 11 is 0. The fourth-order valence-electron chi connectivity index (χ4n) is 1.04. The van der Waals surface area contributed by atoms with Crippen LogP contribution in [-0.4, -0.2) is 15.7 Å². The average molecular weight is 167 g/mol. The minimum atomic E-state index is -0.0277. The van der Waals surface area contributed by atoms with Crippen LogP contribution in [0.1, 0.15) is 18.2 Å². The second kappa shape index (κ2) is 3.38. The smallest absolute Gasteiger partial charge is 0.217 e. The fraction of sp³-hybridized carbons (Fsp3) is 0.500. The van der Waals surface area contributed by atoms with Gasteiger partial charge >= 0.3 is 0 Å². The first-order valence-corrected chi connectivity index (χ1v) is 3.83. The van der Waals surface area contributed by atoms with Crippen molar-refractivity contribution >= 4 is 5.91 Å². The van der Waals surface area contributed by atoms with Crippen molar-refractivity contribution in [3.05, 3.63) is 17.5 Å². The largest absolute Gasteiger partial charge is 0.351 e. The Hall–Kier alpha value is -1.32. The molecule has 0 spiro atoms. The van der Waals surface area contributed by atoms with E-state index in [1.54, 1.807) is 4.68 Å². The van der Waals surface area contributed by atoms with E-state index in [1.807, 2.05) is 20.2 Å². The summed E-state index contributed by atoms with van der Waals surface area (Å²) in [5, 5.41) is 6.89. The maximum absolute atomic E-state index is 10.6. The Kier molecular flexibility index (Phi) is 2.47. The van der Waals surface area contributed by atoms with Gasteiger partial charge in [0.15, 0.2) is 0 Å². The molecule has 1 aromatic rings. The second-order valence-electron chi connectivity index (χ2n) is 2.84. The van der Waals surface area contributed by atoms with Gasteiger partial charge in [-0.25, -0.2) is 0 Å². The monoisotopic (exact) mass is 167 g/mol. The molecular weight excluding hydrogens is 154 g/mol. The number of hydrogen-bond donors (Lipinski definition) is 1. The van der Waals surface area contributed by atoms with Crippen molar-refractivity contribution in [2.24, 2.45) is 7.05 Å². The molecule has 0 saturated heterocycles. The second-order valence-corrected chi connectivity index (χ2v) is 2.84. The predicted molar refractivity (Wildman–Crippen MR) is 45.5 cm³/mol. The zero-order valence-electron chi connectivity index (χ0n) is 7.59. The summed E-state index contributed by atoms with van der Waals surface area (Å²) in [4.78, 5) is 10.6. The molecule has 0 saturated carbocycles. The number of hydrogen-bond acceptors (Lipinski definition) is 2. The number of rotatable bonds is 2. The molecule has 0 atom stereocenters. The highest BCUT2D eigenvalue weighted by atomic mass is 16.1. The van der Waals surface area contributed by atoms with E-state index in [0.717, 1.165) is 11.3 Å². The van der Waals surface area contributed by atoms with Gasteiger partial charge in [-0.05, 0) is 12.5 Å². The lowest BCUT2D eigenvalue weighted by molar-refractivity contribution is -0.119. The SMILES string of the molecule is CC(=O)NCc1nn(C)cc1C. The quantitative estimate of drug-likeness (QED) is 0.691. The third kappa shape index (κ3) is 2.08.